The van der Waals surface area contributed by atoms with Gasteiger partial charge in [-0.25, -0.2) is 0 Å². The van der Waals surface area contributed by atoms with E-state index < -0.39 is 15.6 Å². The highest BCUT2D eigenvalue weighted by Gasteiger charge is 2.17. The Bertz CT molecular complexity index is 1250. The lowest BCUT2D eigenvalue weighted by molar-refractivity contribution is -0.385. The molecular formula is C21H13N3O6. The molecule has 0 radical (unpaired) electrons. The zero-order chi connectivity index (χ0) is 21.8. The highest BCUT2D eigenvalue weighted by molar-refractivity contribution is 6.14. The van der Waals surface area contributed by atoms with Gasteiger partial charge in [-0.2, -0.15) is 5.26 Å². The lowest BCUT2D eigenvalue weighted by atomic mass is 10.0. The number of benzene rings is 2. The summed E-state index contributed by atoms with van der Waals surface area (Å²) < 4.78 is 5.66. The third-order valence-electron chi connectivity index (χ3n) is 4.30. The SMILES string of the molecule is Cc1ccc([N+](=O)[O-])cc1-c1ccc(/C=C(\C#N)C(=O)c2cccc([N+](=O)[O-])c2)o1. The Kier molecular flexibility index (Phi) is 5.51. The first-order valence-electron chi connectivity index (χ1n) is 8.56. The minimum Gasteiger partial charge on any atom is -0.457 e. The van der Waals surface area contributed by atoms with Gasteiger partial charge in [-0.15, -0.1) is 0 Å². The lowest BCUT2D eigenvalue weighted by Gasteiger charge is -2.02. The molecule has 3 aromatic rings. The number of ketones is 1. The van der Waals surface area contributed by atoms with Gasteiger partial charge in [-0.3, -0.25) is 25.0 Å². The third kappa shape index (κ3) is 4.13. The molecule has 3 rings (SSSR count). The number of carbonyl (C=O) groups excluding carboxylic acids is 1. The van der Waals surface area contributed by atoms with Crippen LogP contribution in [0.3, 0.4) is 0 Å². The second kappa shape index (κ2) is 8.20. The van der Waals surface area contributed by atoms with E-state index in [-0.39, 0.29) is 28.3 Å². The molecule has 148 valence electrons. The fourth-order valence-electron chi connectivity index (χ4n) is 2.77. The van der Waals surface area contributed by atoms with E-state index in [4.69, 9.17) is 4.42 Å². The highest BCUT2D eigenvalue weighted by atomic mass is 16.6. The van der Waals surface area contributed by atoms with Gasteiger partial charge in [0.15, 0.2) is 0 Å². The van der Waals surface area contributed by atoms with Crippen LogP contribution >= 0.6 is 0 Å². The van der Waals surface area contributed by atoms with E-state index >= 15 is 0 Å². The Hall–Kier alpha value is -4.58. The van der Waals surface area contributed by atoms with E-state index in [0.29, 0.717) is 11.3 Å². The smallest absolute Gasteiger partial charge is 0.270 e. The Morgan fingerprint density at radius 3 is 2.40 bits per heavy atom. The van der Waals surface area contributed by atoms with Gasteiger partial charge in [0.1, 0.15) is 23.2 Å². The fraction of sp³-hybridized carbons (Fsp3) is 0.0476. The Labute approximate surface area is 169 Å². The third-order valence-corrected chi connectivity index (χ3v) is 4.30. The number of carbonyl (C=O) groups is 1. The van der Waals surface area contributed by atoms with E-state index in [2.05, 4.69) is 0 Å². The van der Waals surface area contributed by atoms with Gasteiger partial charge >= 0.3 is 0 Å². The van der Waals surface area contributed by atoms with E-state index in [1.165, 1.54) is 42.5 Å². The molecule has 0 N–H and O–H groups in total. The van der Waals surface area contributed by atoms with Crippen molar-refractivity contribution in [1.82, 2.24) is 0 Å². The second-order valence-electron chi connectivity index (χ2n) is 6.26. The van der Waals surface area contributed by atoms with Crippen molar-refractivity contribution in [2.45, 2.75) is 6.92 Å². The summed E-state index contributed by atoms with van der Waals surface area (Å²) in [4.78, 5) is 33.3. The maximum atomic E-state index is 12.6. The molecule has 0 aliphatic heterocycles. The molecule has 1 heterocycles. The normalized spacial score (nSPS) is 11.0. The Morgan fingerprint density at radius 2 is 1.73 bits per heavy atom. The molecule has 9 heteroatoms. The summed E-state index contributed by atoms with van der Waals surface area (Å²) in [5.41, 5.74) is 0.624. The number of allylic oxidation sites excluding steroid dienone is 1. The van der Waals surface area contributed by atoms with Crippen LogP contribution in [-0.2, 0) is 0 Å². The molecule has 9 nitrogen and oxygen atoms in total. The number of nitriles is 1. The summed E-state index contributed by atoms with van der Waals surface area (Å²) in [7, 11) is 0. The first-order chi connectivity index (χ1) is 14.3. The number of Topliss-reactive ketones (excluding diaryl/α,β-unsaturated/α-hetero) is 1. The zero-order valence-corrected chi connectivity index (χ0v) is 15.6. The summed E-state index contributed by atoms with van der Waals surface area (Å²) in [5, 5.41) is 31.3. The molecule has 0 bridgehead atoms. The number of non-ortho nitro benzene ring substituents is 2. The number of furan rings is 1. The van der Waals surface area contributed by atoms with Crippen molar-refractivity contribution in [1.29, 1.82) is 5.26 Å². The summed E-state index contributed by atoms with van der Waals surface area (Å²) in [6.07, 6.45) is 1.22. The predicted molar refractivity (Wildman–Crippen MR) is 107 cm³/mol. The van der Waals surface area contributed by atoms with Crippen LogP contribution in [0.5, 0.6) is 0 Å². The number of nitro benzene ring substituents is 2. The quantitative estimate of drug-likeness (QED) is 0.188. The maximum Gasteiger partial charge on any atom is 0.270 e. The molecule has 0 spiro atoms. The predicted octanol–water partition coefficient (Wildman–Crippen LogP) is 4.86. The number of nitro groups is 2. The standard InChI is InChI=1S/C21H13N3O6/c1-13-5-6-17(24(28)29)11-19(13)20-8-7-18(30-20)10-15(12-22)21(25)14-3-2-4-16(9-14)23(26)27/h2-11H,1H3/b15-10+. The Morgan fingerprint density at radius 1 is 1.03 bits per heavy atom. The largest absolute Gasteiger partial charge is 0.457 e. The molecule has 0 atom stereocenters. The van der Waals surface area contributed by atoms with E-state index in [0.717, 1.165) is 11.6 Å². The maximum absolute atomic E-state index is 12.6. The minimum atomic E-state index is -0.689. The van der Waals surface area contributed by atoms with Crippen molar-refractivity contribution in [3.05, 3.63) is 97.3 Å². The lowest BCUT2D eigenvalue weighted by Crippen LogP contribution is -2.02. The summed E-state index contributed by atoms with van der Waals surface area (Å²) in [6, 6.07) is 14.3. The molecule has 30 heavy (non-hydrogen) atoms. The van der Waals surface area contributed by atoms with Gasteiger partial charge < -0.3 is 4.42 Å². The Balaban J connectivity index is 1.95. The van der Waals surface area contributed by atoms with Gasteiger partial charge in [0.2, 0.25) is 5.78 Å². The molecule has 0 aliphatic rings. The van der Waals surface area contributed by atoms with E-state index in [9.17, 15) is 30.3 Å². The van der Waals surface area contributed by atoms with Crippen molar-refractivity contribution < 1.29 is 19.1 Å². The van der Waals surface area contributed by atoms with Crippen LogP contribution in [0.1, 0.15) is 21.7 Å². The topological polar surface area (TPSA) is 140 Å². The van der Waals surface area contributed by atoms with Crippen molar-refractivity contribution in [2.24, 2.45) is 0 Å². The van der Waals surface area contributed by atoms with Crippen LogP contribution < -0.4 is 0 Å². The highest BCUT2D eigenvalue weighted by Crippen LogP contribution is 2.30. The average Bonchev–Trinajstić information content (AvgIpc) is 3.20. The van der Waals surface area contributed by atoms with Crippen molar-refractivity contribution in [3.8, 4) is 17.4 Å². The second-order valence-corrected chi connectivity index (χ2v) is 6.26. The molecule has 0 saturated heterocycles. The van der Waals surface area contributed by atoms with Crippen molar-refractivity contribution in [3.63, 3.8) is 0 Å². The molecule has 0 aliphatic carbocycles. The number of aryl methyl sites for hydroxylation is 1. The monoisotopic (exact) mass is 403 g/mol. The first-order valence-corrected chi connectivity index (χ1v) is 8.56. The fourth-order valence-corrected chi connectivity index (χ4v) is 2.77. The van der Waals surface area contributed by atoms with Gasteiger partial charge in [-0.05, 0) is 24.6 Å². The van der Waals surface area contributed by atoms with Crippen LogP contribution in [0.25, 0.3) is 17.4 Å². The molecule has 2 aromatic carbocycles. The molecule has 0 unspecified atom stereocenters. The number of nitrogens with zero attached hydrogens (tertiary/aromatic N) is 3. The van der Waals surface area contributed by atoms with Gasteiger partial charge in [0.25, 0.3) is 11.4 Å². The van der Waals surface area contributed by atoms with Gasteiger partial charge in [0, 0.05) is 41.5 Å². The minimum absolute atomic E-state index is 0.00157. The number of rotatable bonds is 6. The molecular weight excluding hydrogens is 390 g/mol. The molecule has 1 aromatic heterocycles. The van der Waals surface area contributed by atoms with Crippen LogP contribution in [0, 0.1) is 38.5 Å². The van der Waals surface area contributed by atoms with Crippen LogP contribution in [0.4, 0.5) is 11.4 Å². The molecule has 0 amide bonds. The van der Waals surface area contributed by atoms with E-state index in [1.807, 2.05) is 0 Å². The summed E-state index contributed by atoms with van der Waals surface area (Å²) >= 11 is 0. The number of hydrogen-bond acceptors (Lipinski definition) is 7. The van der Waals surface area contributed by atoms with Crippen LogP contribution in [0.2, 0.25) is 0 Å². The average molecular weight is 403 g/mol. The van der Waals surface area contributed by atoms with Crippen LogP contribution in [0.15, 0.2) is 64.6 Å². The van der Waals surface area contributed by atoms with Crippen molar-refractivity contribution in [2.75, 3.05) is 0 Å². The number of hydrogen-bond donors (Lipinski definition) is 0. The van der Waals surface area contributed by atoms with E-state index in [1.54, 1.807) is 25.1 Å². The molecule has 0 fully saturated rings. The zero-order valence-electron chi connectivity index (χ0n) is 15.6. The first kappa shape index (κ1) is 20.2. The molecule has 0 saturated carbocycles. The van der Waals surface area contributed by atoms with Gasteiger partial charge in [0.05, 0.1) is 9.85 Å². The van der Waals surface area contributed by atoms with Gasteiger partial charge in [-0.1, -0.05) is 18.2 Å². The van der Waals surface area contributed by atoms with Crippen LogP contribution in [-0.4, -0.2) is 15.6 Å². The summed E-state index contributed by atoms with van der Waals surface area (Å²) in [5.74, 6) is -0.167. The summed E-state index contributed by atoms with van der Waals surface area (Å²) in [6.45, 7) is 1.77. The van der Waals surface area contributed by atoms with Crippen molar-refractivity contribution >= 4 is 23.2 Å².